The summed E-state index contributed by atoms with van der Waals surface area (Å²) < 4.78 is 15.7. The molecule has 1 rings (SSSR count). The van der Waals surface area contributed by atoms with E-state index in [4.69, 9.17) is 14.2 Å². The molecule has 4 heteroatoms. The lowest BCUT2D eigenvalue weighted by Gasteiger charge is -2.16. The standard InChI is InChI=1S/C12H16O4/c1-8(7-13)9-5-6-10(14-2)12(16-4)11(9)15-3/h5-8H,1-4H3. The first-order chi connectivity index (χ1) is 7.69. The summed E-state index contributed by atoms with van der Waals surface area (Å²) in [5.74, 6) is 1.40. The molecule has 0 bridgehead atoms. The normalized spacial score (nSPS) is 11.8. The summed E-state index contributed by atoms with van der Waals surface area (Å²) in [5.41, 5.74) is 0.787. The van der Waals surface area contributed by atoms with E-state index in [0.29, 0.717) is 17.2 Å². The van der Waals surface area contributed by atoms with E-state index < -0.39 is 0 Å². The van der Waals surface area contributed by atoms with Crippen LogP contribution in [-0.4, -0.2) is 27.6 Å². The molecule has 88 valence electrons. The van der Waals surface area contributed by atoms with E-state index in [0.717, 1.165) is 11.8 Å². The van der Waals surface area contributed by atoms with Gasteiger partial charge in [-0.2, -0.15) is 0 Å². The lowest BCUT2D eigenvalue weighted by Crippen LogP contribution is -2.02. The highest BCUT2D eigenvalue weighted by Crippen LogP contribution is 2.41. The van der Waals surface area contributed by atoms with E-state index in [2.05, 4.69) is 0 Å². The maximum Gasteiger partial charge on any atom is 0.203 e. The maximum absolute atomic E-state index is 10.8. The van der Waals surface area contributed by atoms with Crippen molar-refractivity contribution in [3.05, 3.63) is 17.7 Å². The fourth-order valence-electron chi connectivity index (χ4n) is 1.56. The molecule has 0 amide bonds. The summed E-state index contributed by atoms with van der Waals surface area (Å²) in [4.78, 5) is 10.8. The number of carbonyl (C=O) groups excluding carboxylic acids is 1. The van der Waals surface area contributed by atoms with E-state index in [-0.39, 0.29) is 5.92 Å². The van der Waals surface area contributed by atoms with E-state index in [1.807, 2.05) is 0 Å². The van der Waals surface area contributed by atoms with Crippen molar-refractivity contribution in [1.29, 1.82) is 0 Å². The Morgan fingerprint density at radius 2 is 1.69 bits per heavy atom. The molecule has 0 N–H and O–H groups in total. The fraction of sp³-hybridized carbons (Fsp3) is 0.417. The van der Waals surface area contributed by atoms with Gasteiger partial charge < -0.3 is 19.0 Å². The van der Waals surface area contributed by atoms with Crippen LogP contribution in [0.5, 0.6) is 17.2 Å². The van der Waals surface area contributed by atoms with E-state index in [9.17, 15) is 4.79 Å². The lowest BCUT2D eigenvalue weighted by atomic mass is 10.0. The summed E-state index contributed by atoms with van der Waals surface area (Å²) in [7, 11) is 4.63. The van der Waals surface area contributed by atoms with Crippen LogP contribution in [0.15, 0.2) is 12.1 Å². The molecule has 0 fully saturated rings. The average Bonchev–Trinajstić information content (AvgIpc) is 2.35. The quantitative estimate of drug-likeness (QED) is 0.718. The summed E-state index contributed by atoms with van der Waals surface area (Å²) in [5, 5.41) is 0. The molecule has 0 aliphatic rings. The van der Waals surface area contributed by atoms with Gasteiger partial charge in [0.05, 0.1) is 21.3 Å². The summed E-state index contributed by atoms with van der Waals surface area (Å²) in [6.07, 6.45) is 0.865. The molecule has 0 aromatic heterocycles. The third-order valence-electron chi connectivity index (χ3n) is 2.43. The van der Waals surface area contributed by atoms with Gasteiger partial charge in [-0.3, -0.25) is 0 Å². The number of rotatable bonds is 5. The Balaban J connectivity index is 3.36. The first-order valence-electron chi connectivity index (χ1n) is 4.93. The smallest absolute Gasteiger partial charge is 0.203 e. The zero-order chi connectivity index (χ0) is 12.1. The molecule has 0 saturated carbocycles. The molecule has 0 spiro atoms. The minimum atomic E-state index is -0.241. The lowest BCUT2D eigenvalue weighted by molar-refractivity contribution is -0.108. The van der Waals surface area contributed by atoms with E-state index in [1.54, 1.807) is 26.2 Å². The van der Waals surface area contributed by atoms with Crippen molar-refractivity contribution in [1.82, 2.24) is 0 Å². The number of hydrogen-bond donors (Lipinski definition) is 0. The number of aldehydes is 1. The molecule has 0 radical (unpaired) electrons. The molecule has 1 unspecified atom stereocenters. The van der Waals surface area contributed by atoms with Crippen molar-refractivity contribution in [2.45, 2.75) is 12.8 Å². The van der Waals surface area contributed by atoms with Gasteiger partial charge in [-0.05, 0) is 6.07 Å². The molecule has 1 aromatic carbocycles. The van der Waals surface area contributed by atoms with Crippen LogP contribution < -0.4 is 14.2 Å². The number of ether oxygens (including phenoxy) is 3. The van der Waals surface area contributed by atoms with Gasteiger partial charge in [0.1, 0.15) is 6.29 Å². The highest BCUT2D eigenvalue weighted by atomic mass is 16.5. The Morgan fingerprint density at radius 3 is 2.12 bits per heavy atom. The zero-order valence-corrected chi connectivity index (χ0v) is 9.94. The molecule has 0 aliphatic carbocycles. The Morgan fingerprint density at radius 1 is 1.06 bits per heavy atom. The van der Waals surface area contributed by atoms with Gasteiger partial charge in [-0.1, -0.05) is 13.0 Å². The predicted octanol–water partition coefficient (Wildman–Crippen LogP) is 2.01. The molecule has 1 aromatic rings. The summed E-state index contributed by atoms with van der Waals surface area (Å²) in [6.45, 7) is 1.80. The van der Waals surface area contributed by atoms with Crippen molar-refractivity contribution in [3.63, 3.8) is 0 Å². The molecular weight excluding hydrogens is 208 g/mol. The zero-order valence-electron chi connectivity index (χ0n) is 9.94. The SMILES string of the molecule is COc1ccc(C(C)C=O)c(OC)c1OC. The second-order valence-electron chi connectivity index (χ2n) is 3.35. The number of hydrogen-bond acceptors (Lipinski definition) is 4. The molecule has 1 atom stereocenters. The second kappa shape index (κ2) is 5.39. The highest BCUT2D eigenvalue weighted by molar-refractivity contribution is 5.67. The van der Waals surface area contributed by atoms with Crippen LogP contribution in [0.4, 0.5) is 0 Å². The van der Waals surface area contributed by atoms with E-state index >= 15 is 0 Å². The largest absolute Gasteiger partial charge is 0.493 e. The third kappa shape index (κ3) is 2.10. The van der Waals surface area contributed by atoms with Crippen LogP contribution in [0.2, 0.25) is 0 Å². The number of methoxy groups -OCH3 is 3. The van der Waals surface area contributed by atoms with E-state index in [1.165, 1.54) is 14.2 Å². The van der Waals surface area contributed by atoms with Crippen molar-refractivity contribution in [2.24, 2.45) is 0 Å². The monoisotopic (exact) mass is 224 g/mol. The second-order valence-corrected chi connectivity index (χ2v) is 3.35. The molecular formula is C12H16O4. The minimum absolute atomic E-state index is 0.241. The van der Waals surface area contributed by atoms with Gasteiger partial charge >= 0.3 is 0 Å². The molecule has 0 saturated heterocycles. The maximum atomic E-state index is 10.8. The fourth-order valence-corrected chi connectivity index (χ4v) is 1.56. The van der Waals surface area contributed by atoms with Gasteiger partial charge in [0.2, 0.25) is 5.75 Å². The molecule has 0 aliphatic heterocycles. The Labute approximate surface area is 95.1 Å². The number of benzene rings is 1. The van der Waals surface area contributed by atoms with Crippen molar-refractivity contribution >= 4 is 6.29 Å². The van der Waals surface area contributed by atoms with Crippen LogP contribution in [0.25, 0.3) is 0 Å². The van der Waals surface area contributed by atoms with Gasteiger partial charge in [-0.25, -0.2) is 0 Å². The molecule has 16 heavy (non-hydrogen) atoms. The minimum Gasteiger partial charge on any atom is -0.493 e. The Kier molecular flexibility index (Phi) is 4.17. The van der Waals surface area contributed by atoms with Crippen molar-refractivity contribution < 1.29 is 19.0 Å². The topological polar surface area (TPSA) is 44.8 Å². The van der Waals surface area contributed by atoms with Crippen molar-refractivity contribution in [3.8, 4) is 17.2 Å². The Bertz CT molecular complexity index is 374. The first-order valence-corrected chi connectivity index (χ1v) is 4.93. The van der Waals surface area contributed by atoms with Crippen LogP contribution in [0.3, 0.4) is 0 Å². The molecule has 0 heterocycles. The van der Waals surface area contributed by atoms with Gasteiger partial charge in [-0.15, -0.1) is 0 Å². The van der Waals surface area contributed by atoms with Gasteiger partial charge in [0.25, 0.3) is 0 Å². The van der Waals surface area contributed by atoms with Gasteiger partial charge in [0.15, 0.2) is 11.5 Å². The van der Waals surface area contributed by atoms with Crippen LogP contribution in [0.1, 0.15) is 18.4 Å². The average molecular weight is 224 g/mol. The predicted molar refractivity (Wildman–Crippen MR) is 60.6 cm³/mol. The summed E-state index contributed by atoms with van der Waals surface area (Å²) >= 11 is 0. The highest BCUT2D eigenvalue weighted by Gasteiger charge is 2.18. The Hall–Kier alpha value is -1.71. The third-order valence-corrected chi connectivity index (χ3v) is 2.43. The first kappa shape index (κ1) is 12.4. The number of carbonyl (C=O) groups is 1. The van der Waals surface area contributed by atoms with Crippen molar-refractivity contribution in [2.75, 3.05) is 21.3 Å². The van der Waals surface area contributed by atoms with Gasteiger partial charge in [0, 0.05) is 11.5 Å². The molecule has 4 nitrogen and oxygen atoms in total. The van der Waals surface area contributed by atoms with Crippen LogP contribution in [0, 0.1) is 0 Å². The van der Waals surface area contributed by atoms with Crippen LogP contribution >= 0.6 is 0 Å². The van der Waals surface area contributed by atoms with Crippen LogP contribution in [-0.2, 0) is 4.79 Å². The summed E-state index contributed by atoms with van der Waals surface area (Å²) in [6, 6.07) is 3.57.